The van der Waals surface area contributed by atoms with Crippen LogP contribution < -0.4 is 5.73 Å². The number of amides is 1. The van der Waals surface area contributed by atoms with Crippen LogP contribution in [0.1, 0.15) is 29.6 Å². The molecule has 2 aromatic heterocycles. The molecule has 0 bridgehead atoms. The Labute approximate surface area is 127 Å². The van der Waals surface area contributed by atoms with Gasteiger partial charge in [0.2, 0.25) is 5.91 Å². The second kappa shape index (κ2) is 6.36. The van der Waals surface area contributed by atoms with E-state index in [0.29, 0.717) is 19.0 Å². The van der Waals surface area contributed by atoms with Crippen molar-refractivity contribution in [3.05, 3.63) is 34.5 Å². The van der Waals surface area contributed by atoms with Crippen LogP contribution in [0.25, 0.3) is 0 Å². The molecule has 3 heterocycles. The van der Waals surface area contributed by atoms with Gasteiger partial charge in [-0.15, -0.1) is 11.3 Å². The van der Waals surface area contributed by atoms with E-state index in [1.807, 2.05) is 27.2 Å². The third-order valence-electron chi connectivity index (χ3n) is 3.82. The van der Waals surface area contributed by atoms with Crippen LogP contribution in [0.5, 0.6) is 0 Å². The zero-order chi connectivity index (χ0) is 14.7. The smallest absolute Gasteiger partial charge is 0.228 e. The van der Waals surface area contributed by atoms with E-state index in [1.54, 1.807) is 6.20 Å². The summed E-state index contributed by atoms with van der Waals surface area (Å²) in [4.78, 5) is 18.6. The number of carbonyl (C=O) groups is 1. The van der Waals surface area contributed by atoms with Gasteiger partial charge in [-0.2, -0.15) is 5.10 Å². The zero-order valence-corrected chi connectivity index (χ0v) is 12.6. The van der Waals surface area contributed by atoms with Crippen molar-refractivity contribution in [2.75, 3.05) is 13.1 Å². The van der Waals surface area contributed by atoms with Crippen LogP contribution in [-0.2, 0) is 17.8 Å². The maximum absolute atomic E-state index is 12.3. The molecule has 1 saturated heterocycles. The van der Waals surface area contributed by atoms with Gasteiger partial charge in [-0.3, -0.25) is 9.48 Å². The number of likely N-dealkylation sites (tertiary alicyclic amines) is 1. The van der Waals surface area contributed by atoms with Gasteiger partial charge in [-0.1, -0.05) is 0 Å². The Morgan fingerprint density at radius 2 is 2.24 bits per heavy atom. The minimum atomic E-state index is 0.155. The van der Waals surface area contributed by atoms with Gasteiger partial charge in [0, 0.05) is 37.4 Å². The third-order valence-corrected chi connectivity index (χ3v) is 4.74. The fourth-order valence-electron chi connectivity index (χ4n) is 2.67. The molecular weight excluding hydrogens is 286 g/mol. The average Bonchev–Trinajstić information content (AvgIpc) is 3.19. The van der Waals surface area contributed by atoms with E-state index < -0.39 is 0 Å². The Bertz CT molecular complexity index is 586. The molecule has 112 valence electrons. The third kappa shape index (κ3) is 3.30. The van der Waals surface area contributed by atoms with E-state index in [9.17, 15) is 4.79 Å². The summed E-state index contributed by atoms with van der Waals surface area (Å²) in [6.45, 7) is 2.02. The van der Waals surface area contributed by atoms with E-state index in [2.05, 4.69) is 10.1 Å². The molecule has 0 aromatic carbocycles. The van der Waals surface area contributed by atoms with E-state index in [1.165, 1.54) is 11.3 Å². The Hall–Kier alpha value is -1.73. The molecule has 1 fully saturated rings. The van der Waals surface area contributed by atoms with Crippen LogP contribution in [-0.4, -0.2) is 38.7 Å². The molecule has 1 amide bonds. The summed E-state index contributed by atoms with van der Waals surface area (Å²) in [6.07, 6.45) is 6.08. The maximum Gasteiger partial charge on any atom is 0.228 e. The second-order valence-electron chi connectivity index (χ2n) is 5.21. The molecule has 21 heavy (non-hydrogen) atoms. The van der Waals surface area contributed by atoms with Crippen molar-refractivity contribution >= 4 is 17.2 Å². The highest BCUT2D eigenvalue weighted by Crippen LogP contribution is 2.22. The largest absolute Gasteiger partial charge is 0.342 e. The van der Waals surface area contributed by atoms with Gasteiger partial charge < -0.3 is 10.6 Å². The lowest BCUT2D eigenvalue weighted by Crippen LogP contribution is -2.40. The van der Waals surface area contributed by atoms with Crippen molar-refractivity contribution in [1.82, 2.24) is 19.7 Å². The van der Waals surface area contributed by atoms with Crippen molar-refractivity contribution in [3.63, 3.8) is 0 Å². The summed E-state index contributed by atoms with van der Waals surface area (Å²) in [5, 5.41) is 7.09. The van der Waals surface area contributed by atoms with Gasteiger partial charge in [0.15, 0.2) is 0 Å². The number of nitrogens with zero attached hydrogens (tertiary/aromatic N) is 4. The topological polar surface area (TPSA) is 77.0 Å². The van der Waals surface area contributed by atoms with Crippen molar-refractivity contribution in [3.8, 4) is 0 Å². The first-order valence-corrected chi connectivity index (χ1v) is 8.04. The van der Waals surface area contributed by atoms with Crippen LogP contribution in [0, 0.1) is 0 Å². The van der Waals surface area contributed by atoms with E-state index in [4.69, 9.17) is 5.73 Å². The molecule has 0 atom stereocenters. The quantitative estimate of drug-likeness (QED) is 0.921. The fraction of sp³-hybridized carbons (Fsp3) is 0.500. The highest BCUT2D eigenvalue weighted by atomic mass is 32.1. The Morgan fingerprint density at radius 1 is 1.43 bits per heavy atom. The fourth-order valence-corrected chi connectivity index (χ4v) is 3.34. The van der Waals surface area contributed by atoms with Gasteiger partial charge in [-0.05, 0) is 18.9 Å². The summed E-state index contributed by atoms with van der Waals surface area (Å²) < 4.78 is 2.00. The summed E-state index contributed by atoms with van der Waals surface area (Å²) >= 11 is 1.52. The number of piperidine rings is 1. The molecule has 0 saturated carbocycles. The highest BCUT2D eigenvalue weighted by Gasteiger charge is 2.24. The van der Waals surface area contributed by atoms with Crippen LogP contribution in [0.15, 0.2) is 23.8 Å². The standard InChI is InChI=1S/C14H19N5OS/c15-9-13-17-11(10-21-13)8-14(20)18-6-2-12(3-7-18)19-5-1-4-16-19/h1,4-5,10,12H,2-3,6-9,15H2. The molecule has 1 aliphatic heterocycles. The summed E-state index contributed by atoms with van der Waals surface area (Å²) in [5.41, 5.74) is 6.38. The first-order chi connectivity index (χ1) is 10.3. The normalized spacial score (nSPS) is 16.3. The molecule has 0 spiro atoms. The highest BCUT2D eigenvalue weighted by molar-refractivity contribution is 7.09. The number of thiazole rings is 1. The molecule has 0 aliphatic carbocycles. The molecular formula is C14H19N5OS. The number of hydrogen-bond donors (Lipinski definition) is 1. The zero-order valence-electron chi connectivity index (χ0n) is 11.8. The molecule has 6 nitrogen and oxygen atoms in total. The lowest BCUT2D eigenvalue weighted by atomic mass is 10.0. The van der Waals surface area contributed by atoms with Gasteiger partial charge in [0.25, 0.3) is 0 Å². The number of hydrogen-bond acceptors (Lipinski definition) is 5. The SMILES string of the molecule is NCc1nc(CC(=O)N2CCC(n3cccn3)CC2)cs1. The van der Waals surface area contributed by atoms with Crippen LogP contribution in [0.3, 0.4) is 0 Å². The number of rotatable bonds is 4. The summed E-state index contributed by atoms with van der Waals surface area (Å²) in [6, 6.07) is 2.35. The predicted molar refractivity (Wildman–Crippen MR) is 80.8 cm³/mol. The molecule has 0 unspecified atom stereocenters. The minimum Gasteiger partial charge on any atom is -0.342 e. The van der Waals surface area contributed by atoms with Crippen molar-refractivity contribution < 1.29 is 4.79 Å². The maximum atomic E-state index is 12.3. The van der Waals surface area contributed by atoms with Crippen LogP contribution in [0.4, 0.5) is 0 Å². The monoisotopic (exact) mass is 305 g/mol. The lowest BCUT2D eigenvalue weighted by Gasteiger charge is -2.32. The molecule has 2 N–H and O–H groups in total. The van der Waals surface area contributed by atoms with Crippen LogP contribution in [0.2, 0.25) is 0 Å². The molecule has 7 heteroatoms. The van der Waals surface area contributed by atoms with Gasteiger partial charge in [-0.25, -0.2) is 4.98 Å². The van der Waals surface area contributed by atoms with E-state index in [-0.39, 0.29) is 5.91 Å². The Balaban J connectivity index is 1.53. The van der Waals surface area contributed by atoms with Crippen molar-refractivity contribution in [2.45, 2.75) is 31.8 Å². The Morgan fingerprint density at radius 3 is 2.86 bits per heavy atom. The summed E-state index contributed by atoms with van der Waals surface area (Å²) in [5.74, 6) is 0.155. The van der Waals surface area contributed by atoms with Gasteiger partial charge in [0.1, 0.15) is 5.01 Å². The summed E-state index contributed by atoms with van der Waals surface area (Å²) in [7, 11) is 0. The van der Waals surface area contributed by atoms with E-state index >= 15 is 0 Å². The van der Waals surface area contributed by atoms with Crippen molar-refractivity contribution in [2.24, 2.45) is 5.73 Å². The number of carbonyl (C=O) groups excluding carboxylic acids is 1. The van der Waals surface area contributed by atoms with Gasteiger partial charge >= 0.3 is 0 Å². The first kappa shape index (κ1) is 14.2. The number of nitrogens with two attached hydrogens (primary N) is 1. The molecule has 2 aromatic rings. The van der Waals surface area contributed by atoms with E-state index in [0.717, 1.165) is 36.6 Å². The van der Waals surface area contributed by atoms with Crippen molar-refractivity contribution in [1.29, 1.82) is 0 Å². The number of aromatic nitrogens is 3. The first-order valence-electron chi connectivity index (χ1n) is 7.16. The lowest BCUT2D eigenvalue weighted by molar-refractivity contribution is -0.131. The van der Waals surface area contributed by atoms with Gasteiger partial charge in [0.05, 0.1) is 18.2 Å². The average molecular weight is 305 g/mol. The molecule has 1 aliphatic rings. The Kier molecular flexibility index (Phi) is 4.31. The minimum absolute atomic E-state index is 0.155. The second-order valence-corrected chi connectivity index (χ2v) is 6.15. The molecule has 0 radical (unpaired) electrons. The van der Waals surface area contributed by atoms with Crippen LogP contribution >= 0.6 is 11.3 Å². The molecule has 3 rings (SSSR count). The predicted octanol–water partition coefficient (Wildman–Crippen LogP) is 1.20.